The van der Waals surface area contributed by atoms with Crippen LogP contribution in [0.2, 0.25) is 0 Å². The highest BCUT2D eigenvalue weighted by Gasteiger charge is 2.20. The summed E-state index contributed by atoms with van der Waals surface area (Å²) < 4.78 is 5.25. The van der Waals surface area contributed by atoms with Crippen molar-refractivity contribution in [2.45, 2.75) is 26.2 Å². The Kier molecular flexibility index (Phi) is 5.36. The van der Waals surface area contributed by atoms with Crippen molar-refractivity contribution in [3.05, 3.63) is 53.5 Å². The Morgan fingerprint density at radius 3 is 2.45 bits per heavy atom. The Hall–Kier alpha value is -4.06. The van der Waals surface area contributed by atoms with E-state index in [2.05, 4.69) is 37.6 Å². The molecule has 0 unspecified atom stereocenters. The first-order chi connectivity index (χ1) is 13.7. The van der Waals surface area contributed by atoms with Crippen LogP contribution >= 0.6 is 0 Å². The van der Waals surface area contributed by atoms with Gasteiger partial charge in [0.15, 0.2) is 5.82 Å². The summed E-state index contributed by atoms with van der Waals surface area (Å²) in [5, 5.41) is 9.22. The van der Waals surface area contributed by atoms with Gasteiger partial charge in [-0.3, -0.25) is 5.32 Å². The third kappa shape index (κ3) is 5.01. The maximum absolute atomic E-state index is 12.2. The Balaban J connectivity index is 1.70. The van der Waals surface area contributed by atoms with Crippen molar-refractivity contribution in [3.63, 3.8) is 0 Å². The average molecular weight is 391 g/mol. The molecule has 2 heterocycles. The molecule has 6 N–H and O–H groups in total. The molecule has 0 bridgehead atoms. The van der Waals surface area contributed by atoms with Gasteiger partial charge in [0.2, 0.25) is 0 Å². The van der Waals surface area contributed by atoms with Gasteiger partial charge in [0.25, 0.3) is 0 Å². The summed E-state index contributed by atoms with van der Waals surface area (Å²) in [6.45, 7) is 5.98. The zero-order valence-electron chi connectivity index (χ0n) is 16.3. The van der Waals surface area contributed by atoms with Gasteiger partial charge < -0.3 is 21.3 Å². The van der Waals surface area contributed by atoms with Gasteiger partial charge in [-0.25, -0.2) is 14.8 Å². The molecule has 0 fully saturated rings. The molecule has 29 heavy (non-hydrogen) atoms. The average Bonchev–Trinajstić information content (AvgIpc) is 3.10. The first kappa shape index (κ1) is 19.7. The Bertz CT molecular complexity index is 1080. The van der Waals surface area contributed by atoms with Crippen LogP contribution in [-0.4, -0.2) is 21.2 Å². The maximum atomic E-state index is 12.2. The van der Waals surface area contributed by atoms with E-state index in [4.69, 9.17) is 16.0 Å². The second-order valence-corrected chi connectivity index (χ2v) is 7.26. The predicted molar refractivity (Wildman–Crippen MR) is 111 cm³/mol. The van der Waals surface area contributed by atoms with Crippen molar-refractivity contribution in [2.75, 3.05) is 22.1 Å². The minimum Gasteiger partial charge on any atom is -0.382 e. The maximum Gasteiger partial charge on any atom is 0.324 e. The fraction of sp³-hybridized carbons (Fsp3) is 0.200. The number of nitrogen functional groups attached to an aromatic ring is 2. The highest BCUT2D eigenvalue weighted by Crippen LogP contribution is 2.24. The predicted octanol–water partition coefficient (Wildman–Crippen LogP) is 2.97. The highest BCUT2D eigenvalue weighted by molar-refractivity contribution is 5.99. The van der Waals surface area contributed by atoms with Crippen LogP contribution in [0.3, 0.4) is 0 Å². The minimum atomic E-state index is -0.450. The topological polar surface area (TPSA) is 145 Å². The van der Waals surface area contributed by atoms with E-state index in [1.54, 1.807) is 30.3 Å². The number of urea groups is 1. The van der Waals surface area contributed by atoms with E-state index in [1.807, 2.05) is 20.8 Å². The number of nitrogens with two attached hydrogens (primary N) is 2. The van der Waals surface area contributed by atoms with Gasteiger partial charge in [-0.05, 0) is 18.2 Å². The summed E-state index contributed by atoms with van der Waals surface area (Å²) in [6, 6.07) is 8.25. The van der Waals surface area contributed by atoms with Gasteiger partial charge in [0.1, 0.15) is 29.3 Å². The van der Waals surface area contributed by atoms with Gasteiger partial charge in [-0.2, -0.15) is 0 Å². The van der Waals surface area contributed by atoms with Crippen molar-refractivity contribution >= 4 is 29.2 Å². The van der Waals surface area contributed by atoms with Gasteiger partial charge >= 0.3 is 6.03 Å². The SMILES string of the molecule is CC(C)(C)c1cc(NC(=O)Nc2cccc(C#Cc3c(N)ncnc3N)c2)no1. The van der Waals surface area contributed by atoms with Crippen LogP contribution in [0.15, 0.2) is 41.2 Å². The summed E-state index contributed by atoms with van der Waals surface area (Å²) >= 11 is 0. The number of hydrogen-bond acceptors (Lipinski definition) is 7. The second kappa shape index (κ2) is 7.90. The third-order valence-electron chi connectivity index (χ3n) is 3.85. The lowest BCUT2D eigenvalue weighted by Crippen LogP contribution is -2.19. The molecule has 0 radical (unpaired) electrons. The molecule has 0 saturated carbocycles. The molecule has 2 amide bonds. The van der Waals surface area contributed by atoms with Crippen molar-refractivity contribution in [2.24, 2.45) is 0 Å². The van der Waals surface area contributed by atoms with Crippen LogP contribution in [0, 0.1) is 11.8 Å². The lowest BCUT2D eigenvalue weighted by Gasteiger charge is -2.12. The lowest BCUT2D eigenvalue weighted by atomic mass is 9.93. The largest absolute Gasteiger partial charge is 0.382 e. The normalized spacial score (nSPS) is 10.7. The smallest absolute Gasteiger partial charge is 0.324 e. The molecule has 0 spiro atoms. The van der Waals surface area contributed by atoms with E-state index in [1.165, 1.54) is 6.33 Å². The number of aromatic nitrogens is 3. The molecular formula is C20H21N7O2. The summed E-state index contributed by atoms with van der Waals surface area (Å²) in [5.41, 5.74) is 12.9. The fourth-order valence-corrected chi connectivity index (χ4v) is 2.32. The van der Waals surface area contributed by atoms with Crippen LogP contribution < -0.4 is 22.1 Å². The first-order valence-electron chi connectivity index (χ1n) is 8.75. The molecule has 3 aromatic rings. The number of benzene rings is 1. The number of hydrogen-bond donors (Lipinski definition) is 4. The van der Waals surface area contributed by atoms with E-state index in [0.717, 1.165) is 0 Å². The summed E-state index contributed by atoms with van der Waals surface area (Å²) in [7, 11) is 0. The van der Waals surface area contributed by atoms with Gasteiger partial charge in [-0.1, -0.05) is 43.8 Å². The number of nitrogens with one attached hydrogen (secondary N) is 2. The number of anilines is 4. The Morgan fingerprint density at radius 1 is 1.07 bits per heavy atom. The van der Waals surface area contributed by atoms with E-state index in [9.17, 15) is 4.79 Å². The molecule has 3 rings (SSSR count). The minimum absolute atomic E-state index is 0.201. The number of rotatable bonds is 2. The Morgan fingerprint density at radius 2 is 1.79 bits per heavy atom. The van der Waals surface area contributed by atoms with Gasteiger partial charge in [0, 0.05) is 22.7 Å². The zero-order valence-corrected chi connectivity index (χ0v) is 16.3. The molecule has 0 aliphatic rings. The zero-order chi connectivity index (χ0) is 21.0. The van der Waals surface area contributed by atoms with Crippen LogP contribution in [0.1, 0.15) is 37.7 Å². The summed E-state index contributed by atoms with van der Waals surface area (Å²) in [6.07, 6.45) is 1.28. The van der Waals surface area contributed by atoms with Crippen LogP contribution in [-0.2, 0) is 5.41 Å². The van der Waals surface area contributed by atoms with Gasteiger partial charge in [-0.15, -0.1) is 0 Å². The molecular weight excluding hydrogens is 370 g/mol. The van der Waals surface area contributed by atoms with E-state index >= 15 is 0 Å². The van der Waals surface area contributed by atoms with E-state index < -0.39 is 6.03 Å². The van der Waals surface area contributed by atoms with Crippen molar-refractivity contribution < 1.29 is 9.32 Å². The molecule has 2 aromatic heterocycles. The fourth-order valence-electron chi connectivity index (χ4n) is 2.32. The second-order valence-electron chi connectivity index (χ2n) is 7.26. The highest BCUT2D eigenvalue weighted by atomic mass is 16.5. The van der Waals surface area contributed by atoms with Crippen LogP contribution in [0.4, 0.5) is 27.9 Å². The molecule has 0 aliphatic carbocycles. The number of carbonyl (C=O) groups excluding carboxylic acids is 1. The number of nitrogens with zero attached hydrogens (tertiary/aromatic N) is 3. The first-order valence-corrected chi connectivity index (χ1v) is 8.75. The monoisotopic (exact) mass is 391 g/mol. The number of carbonyl (C=O) groups is 1. The van der Waals surface area contributed by atoms with Crippen molar-refractivity contribution in [1.29, 1.82) is 0 Å². The van der Waals surface area contributed by atoms with Gasteiger partial charge in [0.05, 0.1) is 0 Å². The van der Waals surface area contributed by atoms with Crippen molar-refractivity contribution in [1.82, 2.24) is 15.1 Å². The number of amides is 2. The molecule has 9 heteroatoms. The van der Waals surface area contributed by atoms with E-state index in [-0.39, 0.29) is 17.1 Å². The molecule has 0 saturated heterocycles. The van der Waals surface area contributed by atoms with Crippen LogP contribution in [0.25, 0.3) is 0 Å². The summed E-state index contributed by atoms with van der Waals surface area (Å²) in [5.74, 6) is 7.22. The quantitative estimate of drug-likeness (QED) is 0.491. The lowest BCUT2D eigenvalue weighted by molar-refractivity contribution is 0.262. The van der Waals surface area contributed by atoms with E-state index in [0.29, 0.717) is 28.4 Å². The standard InChI is InChI=1S/C20H21N7O2/c1-20(2,3)15-10-16(27-29-15)26-19(28)25-13-6-4-5-12(9-13)7-8-14-17(21)23-11-24-18(14)22/h4-6,9-11H,1-3H3,(H4,21,22,23,24)(H2,25,26,27,28). The third-order valence-corrected chi connectivity index (χ3v) is 3.85. The molecule has 148 valence electrons. The molecule has 0 aliphatic heterocycles. The van der Waals surface area contributed by atoms with Crippen LogP contribution in [0.5, 0.6) is 0 Å². The molecule has 9 nitrogen and oxygen atoms in total. The molecule has 0 atom stereocenters. The Labute approximate surface area is 167 Å². The summed E-state index contributed by atoms with van der Waals surface area (Å²) in [4.78, 5) is 20.0. The van der Waals surface area contributed by atoms with Crippen molar-refractivity contribution in [3.8, 4) is 11.8 Å². The molecule has 1 aromatic carbocycles.